The molecule has 0 saturated carbocycles. The van der Waals surface area contributed by atoms with Gasteiger partial charge >= 0.3 is 5.97 Å². The number of ether oxygens (including phenoxy) is 2. The summed E-state index contributed by atoms with van der Waals surface area (Å²) in [6.45, 7) is 1.38. The first kappa shape index (κ1) is 23.5. The molecule has 2 aliphatic rings. The number of anilines is 2. The van der Waals surface area contributed by atoms with E-state index in [0.717, 1.165) is 41.0 Å². The third kappa shape index (κ3) is 5.85. The number of amides is 1. The molecule has 2 aromatic rings. The molecule has 2 atom stereocenters. The van der Waals surface area contributed by atoms with Crippen LogP contribution in [0.5, 0.6) is 0 Å². The van der Waals surface area contributed by atoms with Gasteiger partial charge in [-0.25, -0.2) is 4.79 Å². The average Bonchev–Trinajstić information content (AvgIpc) is 3.16. The highest BCUT2D eigenvalue weighted by Crippen LogP contribution is 2.38. The number of hydrogen-bond acceptors (Lipinski definition) is 7. The van der Waals surface area contributed by atoms with Crippen LogP contribution in [0.15, 0.2) is 24.3 Å². The van der Waals surface area contributed by atoms with Crippen LogP contribution in [0.3, 0.4) is 0 Å². The van der Waals surface area contributed by atoms with Gasteiger partial charge in [-0.05, 0) is 42.5 Å². The number of rotatable bonds is 8. The van der Waals surface area contributed by atoms with Gasteiger partial charge in [0.1, 0.15) is 11.2 Å². The summed E-state index contributed by atoms with van der Waals surface area (Å²) in [5.74, 6) is -1.03. The van der Waals surface area contributed by atoms with Crippen molar-refractivity contribution >= 4 is 33.9 Å². The van der Waals surface area contributed by atoms with Crippen LogP contribution in [-0.2, 0) is 33.7 Å². The minimum absolute atomic E-state index is 0.0809. The predicted molar refractivity (Wildman–Crippen MR) is 128 cm³/mol. The molecular weight excluding hydrogens is 442 g/mol. The third-order valence-electron chi connectivity index (χ3n) is 6.00. The van der Waals surface area contributed by atoms with Crippen LogP contribution in [-0.4, -0.2) is 56.6 Å². The summed E-state index contributed by atoms with van der Waals surface area (Å²) in [4.78, 5) is 27.4. The van der Waals surface area contributed by atoms with Crippen molar-refractivity contribution in [3.05, 3.63) is 45.8 Å². The topological polar surface area (TPSA) is 100 Å². The van der Waals surface area contributed by atoms with Crippen molar-refractivity contribution < 1.29 is 24.2 Å². The van der Waals surface area contributed by atoms with E-state index in [2.05, 4.69) is 10.6 Å². The normalized spacial score (nSPS) is 20.1. The Hall–Kier alpha value is -2.62. The monoisotopic (exact) mass is 473 g/mol. The van der Waals surface area contributed by atoms with E-state index in [4.69, 9.17) is 9.47 Å². The lowest BCUT2D eigenvalue weighted by molar-refractivity contribution is -0.121. The zero-order valence-electron chi connectivity index (χ0n) is 19.1. The first-order valence-corrected chi connectivity index (χ1v) is 12.1. The van der Waals surface area contributed by atoms with Crippen LogP contribution in [0.1, 0.15) is 45.6 Å². The Morgan fingerprint density at radius 1 is 1.18 bits per heavy atom. The number of carboxylic acids is 1. The summed E-state index contributed by atoms with van der Waals surface area (Å²) in [6.07, 6.45) is 3.30. The highest BCUT2D eigenvalue weighted by Gasteiger charge is 2.31. The molecule has 2 unspecified atom stereocenters. The summed E-state index contributed by atoms with van der Waals surface area (Å²) in [5, 5.41) is 16.7. The lowest BCUT2D eigenvalue weighted by Gasteiger charge is -2.24. The van der Waals surface area contributed by atoms with Gasteiger partial charge in [-0.2, -0.15) is 0 Å². The molecule has 0 bridgehead atoms. The van der Waals surface area contributed by atoms with E-state index >= 15 is 0 Å². The van der Waals surface area contributed by atoms with Crippen LogP contribution in [0.2, 0.25) is 0 Å². The molecule has 8 nitrogen and oxygen atoms in total. The smallest absolute Gasteiger partial charge is 0.338 e. The van der Waals surface area contributed by atoms with Crippen LogP contribution < -0.4 is 15.5 Å². The quantitative estimate of drug-likeness (QED) is 0.541. The Labute approximate surface area is 197 Å². The fourth-order valence-electron chi connectivity index (χ4n) is 4.17. The van der Waals surface area contributed by atoms with E-state index < -0.39 is 5.97 Å². The van der Waals surface area contributed by atoms with E-state index in [-0.39, 0.29) is 18.2 Å². The van der Waals surface area contributed by atoms with E-state index in [1.165, 1.54) is 11.3 Å². The minimum Gasteiger partial charge on any atom is -0.478 e. The van der Waals surface area contributed by atoms with Gasteiger partial charge < -0.3 is 30.1 Å². The van der Waals surface area contributed by atoms with Gasteiger partial charge in [-0.3, -0.25) is 4.79 Å². The Morgan fingerprint density at radius 2 is 1.97 bits per heavy atom. The number of carbonyl (C=O) groups excluding carboxylic acids is 1. The van der Waals surface area contributed by atoms with Gasteiger partial charge in [0.15, 0.2) is 0 Å². The van der Waals surface area contributed by atoms with Gasteiger partial charge in [-0.15, -0.1) is 11.3 Å². The summed E-state index contributed by atoms with van der Waals surface area (Å²) in [5.41, 5.74) is 3.14. The molecule has 178 valence electrons. The van der Waals surface area contributed by atoms with Gasteiger partial charge in [0.05, 0.1) is 24.7 Å². The third-order valence-corrected chi connectivity index (χ3v) is 7.14. The lowest BCUT2D eigenvalue weighted by Crippen LogP contribution is -2.37. The maximum atomic E-state index is 12.4. The molecule has 0 radical (unpaired) electrons. The number of nitrogens with one attached hydrogen (secondary N) is 2. The van der Waals surface area contributed by atoms with Gasteiger partial charge in [-0.1, -0.05) is 12.1 Å². The zero-order valence-corrected chi connectivity index (χ0v) is 19.9. The molecule has 0 spiro atoms. The molecule has 33 heavy (non-hydrogen) atoms. The van der Waals surface area contributed by atoms with E-state index in [9.17, 15) is 14.7 Å². The second-order valence-corrected chi connectivity index (χ2v) is 9.80. The minimum atomic E-state index is -0.948. The number of thiophene rings is 1. The first-order valence-electron chi connectivity index (χ1n) is 11.3. The van der Waals surface area contributed by atoms with Crippen molar-refractivity contribution in [2.24, 2.45) is 0 Å². The average molecular weight is 474 g/mol. The number of carbonyl (C=O) groups is 2. The van der Waals surface area contributed by atoms with Crippen LogP contribution in [0.4, 0.5) is 10.7 Å². The first-order chi connectivity index (χ1) is 15.9. The molecule has 0 aliphatic carbocycles. The molecule has 3 heterocycles. The lowest BCUT2D eigenvalue weighted by atomic mass is 10.0. The Morgan fingerprint density at radius 3 is 2.64 bits per heavy atom. The molecule has 1 aromatic heterocycles. The Kier molecular flexibility index (Phi) is 7.52. The van der Waals surface area contributed by atoms with Crippen molar-refractivity contribution in [1.29, 1.82) is 0 Å². The molecule has 2 aliphatic heterocycles. The van der Waals surface area contributed by atoms with E-state index in [1.54, 1.807) is 0 Å². The van der Waals surface area contributed by atoms with Crippen molar-refractivity contribution in [2.75, 3.05) is 37.5 Å². The SMILES string of the molecule is CN(C)c1ccc(CC(=O)NCC2Cc3c(sc(NC4CCCCO4)c3C(=O)O)CO2)cc1. The van der Waals surface area contributed by atoms with E-state index in [0.29, 0.717) is 43.2 Å². The zero-order chi connectivity index (χ0) is 23.4. The summed E-state index contributed by atoms with van der Waals surface area (Å²) < 4.78 is 11.6. The van der Waals surface area contributed by atoms with Gasteiger partial charge in [0.25, 0.3) is 0 Å². The predicted octanol–water partition coefficient (Wildman–Crippen LogP) is 3.25. The highest BCUT2D eigenvalue weighted by molar-refractivity contribution is 7.16. The summed E-state index contributed by atoms with van der Waals surface area (Å²) >= 11 is 1.43. The standard InChI is InChI=1S/C24H31N3O5S/c1-27(2)16-8-6-15(7-9-16)11-20(28)25-13-17-12-18-19(14-32-17)33-23(22(18)24(29)30)26-21-5-3-4-10-31-21/h6-9,17,21,26H,3-5,10-14H2,1-2H3,(H,25,28)(H,29,30). The molecule has 9 heteroatoms. The Balaban J connectivity index is 1.35. The largest absolute Gasteiger partial charge is 0.478 e. The molecule has 4 rings (SSSR count). The number of carboxylic acid groups (broad SMARTS) is 1. The van der Waals surface area contributed by atoms with Gasteiger partial charge in [0.2, 0.25) is 5.91 Å². The van der Waals surface area contributed by atoms with Crippen LogP contribution >= 0.6 is 11.3 Å². The molecule has 1 saturated heterocycles. The van der Waals surface area contributed by atoms with Crippen molar-refractivity contribution in [3.63, 3.8) is 0 Å². The van der Waals surface area contributed by atoms with Crippen molar-refractivity contribution in [2.45, 2.75) is 51.0 Å². The maximum absolute atomic E-state index is 12.4. The van der Waals surface area contributed by atoms with Crippen molar-refractivity contribution in [3.8, 4) is 0 Å². The number of hydrogen-bond donors (Lipinski definition) is 3. The van der Waals surface area contributed by atoms with E-state index in [1.807, 2.05) is 43.3 Å². The van der Waals surface area contributed by atoms with Crippen molar-refractivity contribution in [1.82, 2.24) is 5.32 Å². The maximum Gasteiger partial charge on any atom is 0.338 e. The highest BCUT2D eigenvalue weighted by atomic mass is 32.1. The molecule has 1 amide bonds. The van der Waals surface area contributed by atoms with Gasteiger partial charge in [0, 0.05) is 44.2 Å². The molecule has 1 aromatic carbocycles. The number of benzene rings is 1. The molecule has 3 N–H and O–H groups in total. The number of aromatic carboxylic acids is 1. The fourth-order valence-corrected chi connectivity index (χ4v) is 5.36. The fraction of sp³-hybridized carbons (Fsp3) is 0.500. The summed E-state index contributed by atoms with van der Waals surface area (Å²) in [6, 6.07) is 7.88. The van der Waals surface area contributed by atoms with Crippen LogP contribution in [0, 0.1) is 0 Å². The molecular formula is C24H31N3O5S. The Bertz CT molecular complexity index is 983. The molecule has 1 fully saturated rings. The van der Waals surface area contributed by atoms with Crippen LogP contribution in [0.25, 0.3) is 0 Å². The number of nitrogens with zero attached hydrogens (tertiary/aromatic N) is 1. The second kappa shape index (κ2) is 10.5. The number of fused-ring (bicyclic) bond motifs is 1. The second-order valence-electron chi connectivity index (χ2n) is 8.69. The summed E-state index contributed by atoms with van der Waals surface area (Å²) in [7, 11) is 3.95.